The molecule has 2 heterocycles. The van der Waals surface area contributed by atoms with Crippen molar-refractivity contribution in [1.82, 2.24) is 30.2 Å². The zero-order valence-electron chi connectivity index (χ0n) is 9.90. The van der Waals surface area contributed by atoms with Gasteiger partial charge in [0.1, 0.15) is 0 Å². The van der Waals surface area contributed by atoms with E-state index in [0.29, 0.717) is 11.5 Å². The first-order valence-electron chi connectivity index (χ1n) is 5.04. The van der Waals surface area contributed by atoms with Crippen LogP contribution in [0.25, 0.3) is 5.65 Å². The molecular formula is C9H13N7O. The summed E-state index contributed by atoms with van der Waals surface area (Å²) < 4.78 is 1.33. The minimum atomic E-state index is 0.00566. The second-order valence-corrected chi connectivity index (χ2v) is 3.86. The van der Waals surface area contributed by atoms with Gasteiger partial charge in [0.2, 0.25) is 5.91 Å². The van der Waals surface area contributed by atoms with E-state index in [4.69, 9.17) is 0 Å². The molecule has 1 amide bonds. The third-order valence-electron chi connectivity index (χ3n) is 2.32. The molecule has 17 heavy (non-hydrogen) atoms. The van der Waals surface area contributed by atoms with E-state index in [0.717, 1.165) is 0 Å². The van der Waals surface area contributed by atoms with E-state index in [9.17, 15) is 4.79 Å². The van der Waals surface area contributed by atoms with E-state index < -0.39 is 0 Å². The average Bonchev–Trinajstić information content (AvgIpc) is 2.75. The SMILES string of the molecule is CN(C)C(=O)CN(C)c1ccc2nnnn2n1. The lowest BCUT2D eigenvalue weighted by atomic mass is 10.4. The van der Waals surface area contributed by atoms with Crippen LogP contribution < -0.4 is 4.90 Å². The fourth-order valence-corrected chi connectivity index (χ4v) is 1.27. The van der Waals surface area contributed by atoms with Crippen molar-refractivity contribution >= 4 is 17.4 Å². The minimum absolute atomic E-state index is 0.00566. The number of rotatable bonds is 3. The smallest absolute Gasteiger partial charge is 0.241 e. The van der Waals surface area contributed by atoms with E-state index in [1.165, 1.54) is 9.53 Å². The van der Waals surface area contributed by atoms with Crippen LogP contribution in [-0.4, -0.2) is 63.7 Å². The maximum atomic E-state index is 11.5. The van der Waals surface area contributed by atoms with Crippen molar-refractivity contribution in [2.45, 2.75) is 0 Å². The number of anilines is 1. The highest BCUT2D eigenvalue weighted by molar-refractivity contribution is 5.80. The third-order valence-corrected chi connectivity index (χ3v) is 2.32. The summed E-state index contributed by atoms with van der Waals surface area (Å²) in [6.45, 7) is 0.258. The van der Waals surface area contributed by atoms with Crippen LogP contribution >= 0.6 is 0 Å². The molecule has 0 unspecified atom stereocenters. The molecule has 0 saturated carbocycles. The Morgan fingerprint density at radius 1 is 1.35 bits per heavy atom. The lowest BCUT2D eigenvalue weighted by molar-refractivity contribution is -0.127. The molecule has 0 spiro atoms. The van der Waals surface area contributed by atoms with Gasteiger partial charge in [-0.25, -0.2) is 0 Å². The number of carbonyl (C=O) groups excluding carboxylic acids is 1. The van der Waals surface area contributed by atoms with Gasteiger partial charge >= 0.3 is 0 Å². The van der Waals surface area contributed by atoms with Gasteiger partial charge in [-0.3, -0.25) is 4.79 Å². The Bertz CT molecular complexity index is 535. The number of aromatic nitrogens is 5. The van der Waals surface area contributed by atoms with Crippen LogP contribution in [0.2, 0.25) is 0 Å². The Hall–Kier alpha value is -2.25. The Kier molecular flexibility index (Phi) is 2.86. The molecule has 0 aliphatic heterocycles. The second-order valence-electron chi connectivity index (χ2n) is 3.86. The zero-order chi connectivity index (χ0) is 12.4. The van der Waals surface area contributed by atoms with Gasteiger partial charge in [0.05, 0.1) is 6.54 Å². The fraction of sp³-hybridized carbons (Fsp3) is 0.444. The third kappa shape index (κ3) is 2.30. The van der Waals surface area contributed by atoms with E-state index in [1.807, 2.05) is 0 Å². The minimum Gasteiger partial charge on any atom is -0.349 e. The van der Waals surface area contributed by atoms with Crippen LogP contribution in [0.1, 0.15) is 0 Å². The first-order chi connectivity index (χ1) is 8.08. The summed E-state index contributed by atoms with van der Waals surface area (Å²) >= 11 is 0. The molecule has 0 aliphatic carbocycles. The molecule has 0 radical (unpaired) electrons. The van der Waals surface area contributed by atoms with Crippen LogP contribution in [-0.2, 0) is 4.79 Å². The van der Waals surface area contributed by atoms with Crippen LogP contribution in [0.5, 0.6) is 0 Å². The summed E-state index contributed by atoms with van der Waals surface area (Å²) in [4.78, 5) is 14.8. The van der Waals surface area contributed by atoms with Crippen molar-refractivity contribution in [3.05, 3.63) is 12.1 Å². The van der Waals surface area contributed by atoms with Gasteiger partial charge in [0, 0.05) is 21.1 Å². The van der Waals surface area contributed by atoms with Gasteiger partial charge in [0.15, 0.2) is 11.5 Å². The molecule has 0 atom stereocenters. The van der Waals surface area contributed by atoms with Crippen molar-refractivity contribution in [2.24, 2.45) is 0 Å². The predicted octanol–water partition coefficient (Wildman–Crippen LogP) is -0.956. The second kappa shape index (κ2) is 4.32. The summed E-state index contributed by atoms with van der Waals surface area (Å²) in [5.41, 5.74) is 0.570. The van der Waals surface area contributed by atoms with Crippen molar-refractivity contribution in [3.63, 3.8) is 0 Å². The van der Waals surface area contributed by atoms with Gasteiger partial charge in [0.25, 0.3) is 0 Å². The van der Waals surface area contributed by atoms with Gasteiger partial charge in [-0.2, -0.15) is 0 Å². The van der Waals surface area contributed by atoms with Gasteiger partial charge in [-0.15, -0.1) is 14.8 Å². The molecule has 2 rings (SSSR count). The summed E-state index contributed by atoms with van der Waals surface area (Å²) in [5, 5.41) is 15.1. The molecule has 90 valence electrons. The van der Waals surface area contributed by atoms with E-state index >= 15 is 0 Å². The monoisotopic (exact) mass is 235 g/mol. The van der Waals surface area contributed by atoms with Crippen LogP contribution in [0.4, 0.5) is 5.82 Å². The number of fused-ring (bicyclic) bond motifs is 1. The van der Waals surface area contributed by atoms with Crippen molar-refractivity contribution < 1.29 is 4.79 Å². The number of hydrogen-bond donors (Lipinski definition) is 0. The number of likely N-dealkylation sites (N-methyl/N-ethyl adjacent to an activating group) is 2. The highest BCUT2D eigenvalue weighted by atomic mass is 16.2. The van der Waals surface area contributed by atoms with Crippen molar-refractivity contribution in [3.8, 4) is 0 Å². The summed E-state index contributed by atoms with van der Waals surface area (Å²) in [7, 11) is 5.22. The Morgan fingerprint density at radius 2 is 2.12 bits per heavy atom. The molecule has 8 heteroatoms. The molecule has 0 fully saturated rings. The van der Waals surface area contributed by atoms with Gasteiger partial charge < -0.3 is 9.80 Å². The fourth-order valence-electron chi connectivity index (χ4n) is 1.27. The molecular weight excluding hydrogens is 222 g/mol. The molecule has 0 N–H and O–H groups in total. The molecule has 0 aromatic carbocycles. The molecule has 0 aliphatic rings. The van der Waals surface area contributed by atoms with Crippen molar-refractivity contribution in [2.75, 3.05) is 32.6 Å². The maximum absolute atomic E-state index is 11.5. The first kappa shape index (κ1) is 11.2. The standard InChI is InChI=1S/C9H13N7O/c1-14(2)9(17)6-15(3)8-5-4-7-10-12-13-16(7)11-8/h4-5H,6H2,1-3H3. The number of amides is 1. The zero-order valence-corrected chi connectivity index (χ0v) is 9.90. The molecule has 0 bridgehead atoms. The van der Waals surface area contributed by atoms with Crippen molar-refractivity contribution in [1.29, 1.82) is 0 Å². The maximum Gasteiger partial charge on any atom is 0.241 e. The predicted molar refractivity (Wildman–Crippen MR) is 60.5 cm³/mol. The number of carbonyl (C=O) groups is 1. The molecule has 2 aromatic rings. The molecule has 8 nitrogen and oxygen atoms in total. The lowest BCUT2D eigenvalue weighted by Gasteiger charge is -2.19. The summed E-state index contributed by atoms with van der Waals surface area (Å²) in [6.07, 6.45) is 0. The quantitative estimate of drug-likeness (QED) is 0.682. The first-order valence-corrected chi connectivity index (χ1v) is 5.04. The van der Waals surface area contributed by atoms with E-state index in [2.05, 4.69) is 20.6 Å². The number of hydrogen-bond acceptors (Lipinski definition) is 6. The topological polar surface area (TPSA) is 79.5 Å². The highest BCUT2D eigenvalue weighted by Crippen LogP contribution is 2.08. The number of nitrogens with zero attached hydrogens (tertiary/aromatic N) is 7. The van der Waals surface area contributed by atoms with Gasteiger partial charge in [-0.05, 0) is 22.6 Å². The Labute approximate surface area is 97.8 Å². The Morgan fingerprint density at radius 3 is 2.82 bits per heavy atom. The van der Waals surface area contributed by atoms with E-state index in [1.54, 1.807) is 38.2 Å². The molecule has 0 saturated heterocycles. The Balaban J connectivity index is 2.18. The van der Waals surface area contributed by atoms with Crippen LogP contribution in [0, 0.1) is 0 Å². The lowest BCUT2D eigenvalue weighted by Crippen LogP contribution is -2.34. The highest BCUT2D eigenvalue weighted by Gasteiger charge is 2.11. The van der Waals surface area contributed by atoms with E-state index in [-0.39, 0.29) is 12.5 Å². The molecule has 2 aromatic heterocycles. The summed E-state index contributed by atoms with van der Waals surface area (Å²) in [5.74, 6) is 0.645. The average molecular weight is 235 g/mol. The van der Waals surface area contributed by atoms with Crippen LogP contribution in [0.15, 0.2) is 12.1 Å². The van der Waals surface area contributed by atoms with Gasteiger partial charge in [-0.1, -0.05) is 0 Å². The number of tetrazole rings is 1. The summed E-state index contributed by atoms with van der Waals surface area (Å²) in [6, 6.07) is 3.52. The normalized spacial score (nSPS) is 10.5. The van der Waals surface area contributed by atoms with Crippen LogP contribution in [0.3, 0.4) is 0 Å². The largest absolute Gasteiger partial charge is 0.349 e.